The van der Waals surface area contributed by atoms with Gasteiger partial charge in [-0.05, 0) is 53.1 Å². The smallest absolute Gasteiger partial charge is 0.119 e. The van der Waals surface area contributed by atoms with Crippen molar-refractivity contribution in [1.82, 2.24) is 5.32 Å². The molecule has 0 radical (unpaired) electrons. The van der Waals surface area contributed by atoms with E-state index in [-0.39, 0.29) is 0 Å². The highest BCUT2D eigenvalue weighted by atomic mass is 16.5. The molecule has 20 heavy (non-hydrogen) atoms. The molecule has 3 rings (SSSR count). The number of benzene rings is 2. The lowest BCUT2D eigenvalue weighted by Crippen LogP contribution is -2.06. The van der Waals surface area contributed by atoms with Crippen molar-refractivity contribution in [1.29, 1.82) is 0 Å². The normalized spacial score (nSPS) is 13.3. The molecular formula is C17H19NO2. The molecule has 3 nitrogen and oxygen atoms in total. The minimum absolute atomic E-state index is 0.723. The maximum atomic E-state index is 5.49. The number of fused-ring (bicyclic) bond motifs is 1. The largest absolute Gasteiger partial charge is 0.497 e. The zero-order valence-electron chi connectivity index (χ0n) is 11.9. The van der Waals surface area contributed by atoms with Crippen LogP contribution in [-0.2, 0) is 24.5 Å². The van der Waals surface area contributed by atoms with Crippen LogP contribution < -0.4 is 10.1 Å². The molecule has 0 fully saturated rings. The Morgan fingerprint density at radius 2 is 1.95 bits per heavy atom. The van der Waals surface area contributed by atoms with Gasteiger partial charge in [0.05, 0.1) is 20.3 Å². The molecule has 0 atom stereocenters. The van der Waals surface area contributed by atoms with E-state index in [4.69, 9.17) is 9.47 Å². The van der Waals surface area contributed by atoms with Crippen LogP contribution in [0.25, 0.3) is 11.1 Å². The molecule has 0 bridgehead atoms. The van der Waals surface area contributed by atoms with E-state index in [9.17, 15) is 0 Å². The first-order chi connectivity index (χ1) is 9.81. The molecule has 2 aromatic rings. The summed E-state index contributed by atoms with van der Waals surface area (Å²) >= 11 is 0. The molecule has 0 amide bonds. The maximum Gasteiger partial charge on any atom is 0.119 e. The molecule has 104 valence electrons. The Hall–Kier alpha value is -1.84. The van der Waals surface area contributed by atoms with Gasteiger partial charge in [0.2, 0.25) is 0 Å². The molecule has 1 aliphatic rings. The van der Waals surface area contributed by atoms with Crippen molar-refractivity contribution in [2.75, 3.05) is 14.2 Å². The van der Waals surface area contributed by atoms with Gasteiger partial charge in [-0.15, -0.1) is 0 Å². The van der Waals surface area contributed by atoms with Crippen molar-refractivity contribution in [3.05, 3.63) is 53.1 Å². The maximum absolute atomic E-state index is 5.49. The van der Waals surface area contributed by atoms with Crippen molar-refractivity contribution < 1.29 is 9.47 Å². The van der Waals surface area contributed by atoms with Crippen LogP contribution in [0.2, 0.25) is 0 Å². The Kier molecular flexibility index (Phi) is 3.72. The van der Waals surface area contributed by atoms with Gasteiger partial charge in [-0.3, -0.25) is 0 Å². The van der Waals surface area contributed by atoms with E-state index in [1.165, 1.54) is 27.8 Å². The molecule has 3 heteroatoms. The van der Waals surface area contributed by atoms with Crippen LogP contribution in [0.3, 0.4) is 0 Å². The summed E-state index contributed by atoms with van der Waals surface area (Å²) in [5.41, 5.74) is 6.33. The summed E-state index contributed by atoms with van der Waals surface area (Å²) in [6.07, 6.45) is 0. The van der Waals surface area contributed by atoms with E-state index in [0.717, 1.165) is 25.5 Å². The number of rotatable bonds is 4. The minimum Gasteiger partial charge on any atom is -0.497 e. The van der Waals surface area contributed by atoms with Crippen molar-refractivity contribution in [2.45, 2.75) is 19.8 Å². The number of hydrogen-bond donors (Lipinski definition) is 1. The predicted octanol–water partition coefficient (Wildman–Crippen LogP) is 3.11. The molecule has 1 N–H and O–H groups in total. The summed E-state index contributed by atoms with van der Waals surface area (Å²) in [5, 5.41) is 3.22. The van der Waals surface area contributed by atoms with E-state index < -0.39 is 0 Å². The first kappa shape index (κ1) is 13.2. The average Bonchev–Trinajstić information content (AvgIpc) is 2.95. The molecule has 0 spiro atoms. The van der Waals surface area contributed by atoms with E-state index in [0.29, 0.717) is 0 Å². The van der Waals surface area contributed by atoms with Gasteiger partial charge in [0.1, 0.15) is 5.75 Å². The second kappa shape index (κ2) is 5.65. The van der Waals surface area contributed by atoms with Gasteiger partial charge in [0, 0.05) is 6.54 Å². The second-order valence-corrected chi connectivity index (χ2v) is 5.03. The highest BCUT2D eigenvalue weighted by molar-refractivity contribution is 5.69. The SMILES string of the molecule is CNCc1cc(OC)ccc1-c1ccc2c(c1)COC2. The van der Waals surface area contributed by atoms with Gasteiger partial charge in [-0.2, -0.15) is 0 Å². The third-order valence-corrected chi connectivity index (χ3v) is 3.71. The molecule has 1 heterocycles. The Balaban J connectivity index is 2.04. The summed E-state index contributed by atoms with van der Waals surface area (Å²) < 4.78 is 10.8. The third kappa shape index (κ3) is 2.42. The Labute approximate surface area is 119 Å². The molecule has 2 aromatic carbocycles. The molecule has 0 aliphatic carbocycles. The van der Waals surface area contributed by atoms with Crippen LogP contribution in [0.4, 0.5) is 0 Å². The van der Waals surface area contributed by atoms with Crippen LogP contribution in [0, 0.1) is 0 Å². The van der Waals surface area contributed by atoms with Gasteiger partial charge in [-0.1, -0.05) is 18.2 Å². The standard InChI is InChI=1S/C17H19NO2/c1-18-9-14-8-16(19-2)5-6-17(14)12-3-4-13-10-20-11-15(13)7-12/h3-8,18H,9-11H2,1-2H3. The Morgan fingerprint density at radius 3 is 2.75 bits per heavy atom. The Bertz CT molecular complexity index is 622. The molecule has 0 saturated heterocycles. The first-order valence-corrected chi connectivity index (χ1v) is 6.83. The lowest BCUT2D eigenvalue weighted by Gasteiger charge is -2.12. The average molecular weight is 269 g/mol. The van der Waals surface area contributed by atoms with E-state index in [1.807, 2.05) is 13.1 Å². The van der Waals surface area contributed by atoms with Crippen molar-refractivity contribution in [3.63, 3.8) is 0 Å². The minimum atomic E-state index is 0.723. The van der Waals surface area contributed by atoms with Gasteiger partial charge < -0.3 is 14.8 Å². The molecule has 0 aromatic heterocycles. The van der Waals surface area contributed by atoms with Crippen molar-refractivity contribution in [2.24, 2.45) is 0 Å². The monoisotopic (exact) mass is 269 g/mol. The quantitative estimate of drug-likeness (QED) is 0.925. The van der Waals surface area contributed by atoms with Crippen molar-refractivity contribution >= 4 is 0 Å². The topological polar surface area (TPSA) is 30.5 Å². The zero-order valence-corrected chi connectivity index (χ0v) is 11.9. The highest BCUT2D eigenvalue weighted by Gasteiger charge is 2.13. The van der Waals surface area contributed by atoms with Crippen molar-refractivity contribution in [3.8, 4) is 16.9 Å². The van der Waals surface area contributed by atoms with Crippen LogP contribution in [0.15, 0.2) is 36.4 Å². The number of hydrogen-bond acceptors (Lipinski definition) is 3. The van der Waals surface area contributed by atoms with E-state index in [2.05, 4.69) is 35.6 Å². The molecule has 1 aliphatic heterocycles. The van der Waals surface area contributed by atoms with E-state index >= 15 is 0 Å². The number of nitrogens with one attached hydrogen (secondary N) is 1. The predicted molar refractivity (Wildman–Crippen MR) is 79.7 cm³/mol. The first-order valence-electron chi connectivity index (χ1n) is 6.83. The fraction of sp³-hybridized carbons (Fsp3) is 0.294. The fourth-order valence-electron chi connectivity index (χ4n) is 2.65. The summed E-state index contributed by atoms with van der Waals surface area (Å²) in [7, 11) is 3.66. The summed E-state index contributed by atoms with van der Waals surface area (Å²) in [4.78, 5) is 0. The fourth-order valence-corrected chi connectivity index (χ4v) is 2.65. The molecular weight excluding hydrogens is 250 g/mol. The van der Waals surface area contributed by atoms with Crippen LogP contribution in [0.1, 0.15) is 16.7 Å². The van der Waals surface area contributed by atoms with Crippen LogP contribution in [-0.4, -0.2) is 14.2 Å². The molecule has 0 saturated carbocycles. The van der Waals surface area contributed by atoms with Crippen LogP contribution >= 0.6 is 0 Å². The number of methoxy groups -OCH3 is 1. The zero-order chi connectivity index (χ0) is 13.9. The summed E-state index contributed by atoms with van der Waals surface area (Å²) in [6, 6.07) is 12.8. The highest BCUT2D eigenvalue weighted by Crippen LogP contribution is 2.31. The number of ether oxygens (including phenoxy) is 2. The van der Waals surface area contributed by atoms with Gasteiger partial charge in [0.25, 0.3) is 0 Å². The van der Waals surface area contributed by atoms with Gasteiger partial charge >= 0.3 is 0 Å². The van der Waals surface area contributed by atoms with Crippen LogP contribution in [0.5, 0.6) is 5.75 Å². The van der Waals surface area contributed by atoms with Gasteiger partial charge in [0.15, 0.2) is 0 Å². The molecule has 0 unspecified atom stereocenters. The van der Waals surface area contributed by atoms with E-state index in [1.54, 1.807) is 7.11 Å². The second-order valence-electron chi connectivity index (χ2n) is 5.03. The third-order valence-electron chi connectivity index (χ3n) is 3.71. The lowest BCUT2D eigenvalue weighted by molar-refractivity contribution is 0.134. The van der Waals surface area contributed by atoms with Gasteiger partial charge in [-0.25, -0.2) is 0 Å². The summed E-state index contributed by atoms with van der Waals surface area (Å²) in [6.45, 7) is 2.28. The summed E-state index contributed by atoms with van der Waals surface area (Å²) in [5.74, 6) is 0.892. The lowest BCUT2D eigenvalue weighted by atomic mass is 9.96. The Morgan fingerprint density at radius 1 is 1.10 bits per heavy atom.